The minimum Gasteiger partial charge on any atom is -0.462 e. The van der Waals surface area contributed by atoms with Gasteiger partial charge in [-0.15, -0.1) is 0 Å². The summed E-state index contributed by atoms with van der Waals surface area (Å²) in [5.74, 6) is 2.21. The van der Waals surface area contributed by atoms with E-state index in [-0.39, 0.29) is 0 Å². The topological polar surface area (TPSA) is 115 Å². The molecule has 1 aromatic heterocycles. The molecule has 1 aliphatic carbocycles. The van der Waals surface area contributed by atoms with Crippen molar-refractivity contribution < 1.29 is 29.6 Å². The molecule has 4 fully saturated rings. The SMILES string of the molecule is CC[C@@H]1C2[C@H]3C[C@@H](CN2CCc2c3[nH]c3ccc(O[C@H]4O[C@H](CO)[C@@H](O)[C@H](C=O)[C@H]4O)cc23)[C@@H]1C. The van der Waals surface area contributed by atoms with Crippen LogP contribution in [0, 0.1) is 23.7 Å². The average molecular weight is 485 g/mol. The first-order valence-corrected chi connectivity index (χ1v) is 13.1. The molecule has 2 aromatic rings. The Morgan fingerprint density at radius 3 is 2.86 bits per heavy atom. The molecule has 5 heterocycles. The number of aromatic amines is 1. The first-order valence-electron chi connectivity index (χ1n) is 13.1. The van der Waals surface area contributed by atoms with E-state index in [1.807, 2.05) is 18.2 Å². The molecule has 35 heavy (non-hydrogen) atoms. The first-order chi connectivity index (χ1) is 16.9. The van der Waals surface area contributed by atoms with Crippen molar-refractivity contribution in [2.45, 2.75) is 69.7 Å². The molecule has 8 nitrogen and oxygen atoms in total. The molecule has 1 saturated carbocycles. The number of hydrogen-bond acceptors (Lipinski definition) is 7. The molecule has 0 spiro atoms. The fourth-order valence-electron chi connectivity index (χ4n) is 7.64. The minimum absolute atomic E-state index is 0.472. The Hall–Kier alpha value is -1.97. The van der Waals surface area contributed by atoms with Crippen LogP contribution in [0.5, 0.6) is 5.75 Å². The number of nitrogens with one attached hydrogen (secondary N) is 1. The van der Waals surface area contributed by atoms with Crippen LogP contribution >= 0.6 is 0 Å². The van der Waals surface area contributed by atoms with Crippen LogP contribution in [0.15, 0.2) is 18.2 Å². The van der Waals surface area contributed by atoms with Crippen LogP contribution in [0.4, 0.5) is 0 Å². The average Bonchev–Trinajstić information content (AvgIpc) is 3.18. The van der Waals surface area contributed by atoms with Gasteiger partial charge in [-0.25, -0.2) is 0 Å². The Labute approximate surface area is 205 Å². The van der Waals surface area contributed by atoms with E-state index in [1.165, 1.54) is 30.6 Å². The Morgan fingerprint density at radius 2 is 2.11 bits per heavy atom. The van der Waals surface area contributed by atoms with Crippen LogP contribution in [0.2, 0.25) is 0 Å². The number of aromatic nitrogens is 1. The molecule has 4 aliphatic heterocycles. The molecule has 0 amide bonds. The quantitative estimate of drug-likeness (QED) is 0.479. The predicted molar refractivity (Wildman–Crippen MR) is 129 cm³/mol. The van der Waals surface area contributed by atoms with E-state index in [2.05, 4.69) is 23.7 Å². The molecule has 11 atom stereocenters. The Morgan fingerprint density at radius 1 is 1.29 bits per heavy atom. The second-order valence-corrected chi connectivity index (χ2v) is 11.0. The van der Waals surface area contributed by atoms with Crippen molar-refractivity contribution in [2.75, 3.05) is 19.7 Å². The minimum atomic E-state index is -1.33. The van der Waals surface area contributed by atoms with Gasteiger partial charge in [-0.05, 0) is 54.4 Å². The molecule has 4 bridgehead atoms. The lowest BCUT2D eigenvalue weighted by Crippen LogP contribution is -2.59. The zero-order valence-corrected chi connectivity index (χ0v) is 20.3. The van der Waals surface area contributed by atoms with E-state index in [4.69, 9.17) is 9.47 Å². The van der Waals surface area contributed by atoms with Gasteiger partial charge >= 0.3 is 0 Å². The van der Waals surface area contributed by atoms with Crippen LogP contribution < -0.4 is 4.74 Å². The van der Waals surface area contributed by atoms with E-state index in [1.54, 1.807) is 0 Å². The number of aliphatic hydroxyl groups excluding tert-OH is 3. The van der Waals surface area contributed by atoms with Crippen LogP contribution in [0.1, 0.15) is 43.9 Å². The van der Waals surface area contributed by atoms with E-state index in [9.17, 15) is 20.1 Å². The van der Waals surface area contributed by atoms with Gasteiger partial charge in [0.25, 0.3) is 0 Å². The summed E-state index contributed by atoms with van der Waals surface area (Å²) in [4.78, 5) is 18.0. The Balaban J connectivity index is 1.32. The van der Waals surface area contributed by atoms with Crippen molar-refractivity contribution in [3.63, 3.8) is 0 Å². The van der Waals surface area contributed by atoms with Crippen molar-refractivity contribution in [1.82, 2.24) is 9.88 Å². The van der Waals surface area contributed by atoms with Crippen molar-refractivity contribution in [3.8, 4) is 5.75 Å². The number of ether oxygens (including phenoxy) is 2. The summed E-state index contributed by atoms with van der Waals surface area (Å²) in [6, 6.07) is 6.42. The third kappa shape index (κ3) is 3.56. The highest BCUT2D eigenvalue weighted by atomic mass is 16.7. The number of carbonyl (C=O) groups excluding carboxylic acids is 1. The highest BCUT2D eigenvalue weighted by Gasteiger charge is 2.52. The molecule has 4 N–H and O–H groups in total. The molecule has 0 radical (unpaired) electrons. The third-order valence-corrected chi connectivity index (χ3v) is 9.47. The molecular weight excluding hydrogens is 448 g/mol. The number of piperidine rings is 2. The highest BCUT2D eigenvalue weighted by Crippen LogP contribution is 2.53. The number of aliphatic hydroxyl groups is 3. The van der Waals surface area contributed by atoms with Gasteiger partial charge in [0.15, 0.2) is 0 Å². The van der Waals surface area contributed by atoms with E-state index >= 15 is 0 Å². The van der Waals surface area contributed by atoms with E-state index < -0.39 is 37.1 Å². The molecule has 5 aliphatic rings. The molecular formula is C27H36N2O6. The normalized spacial score (nSPS) is 42.5. The summed E-state index contributed by atoms with van der Waals surface area (Å²) < 4.78 is 11.6. The summed E-state index contributed by atoms with van der Waals surface area (Å²) in [7, 11) is 0. The van der Waals surface area contributed by atoms with Gasteiger partial charge in [-0.3, -0.25) is 4.90 Å². The van der Waals surface area contributed by atoms with Gasteiger partial charge in [0.2, 0.25) is 6.29 Å². The largest absolute Gasteiger partial charge is 0.462 e. The zero-order chi connectivity index (χ0) is 24.4. The van der Waals surface area contributed by atoms with Gasteiger partial charge < -0.3 is 34.6 Å². The number of carbonyl (C=O) groups is 1. The summed E-state index contributed by atoms with van der Waals surface area (Å²) >= 11 is 0. The fourth-order valence-corrected chi connectivity index (χ4v) is 7.64. The number of fused-ring (bicyclic) bond motifs is 4. The van der Waals surface area contributed by atoms with Crippen molar-refractivity contribution >= 4 is 17.2 Å². The molecule has 1 aromatic carbocycles. The van der Waals surface area contributed by atoms with Crippen LogP contribution in [0.3, 0.4) is 0 Å². The second kappa shape index (κ2) is 8.85. The summed E-state index contributed by atoms with van der Waals surface area (Å²) in [6.45, 7) is 6.59. The van der Waals surface area contributed by atoms with Crippen LogP contribution in [-0.4, -0.2) is 81.8 Å². The molecule has 7 rings (SSSR count). The summed E-state index contributed by atoms with van der Waals surface area (Å²) in [6.07, 6.45) is -0.832. The van der Waals surface area contributed by atoms with Gasteiger partial charge in [0, 0.05) is 41.6 Å². The predicted octanol–water partition coefficient (Wildman–Crippen LogP) is 1.81. The van der Waals surface area contributed by atoms with Crippen LogP contribution in [-0.2, 0) is 16.0 Å². The Bertz CT molecular complexity index is 1100. The molecule has 2 unspecified atom stereocenters. The van der Waals surface area contributed by atoms with E-state index in [0.29, 0.717) is 24.0 Å². The highest BCUT2D eigenvalue weighted by molar-refractivity contribution is 5.86. The molecule has 190 valence electrons. The maximum absolute atomic E-state index is 11.5. The number of hydrogen-bond donors (Lipinski definition) is 4. The third-order valence-electron chi connectivity index (χ3n) is 9.47. The molecule has 3 saturated heterocycles. The van der Waals surface area contributed by atoms with Crippen LogP contribution in [0.25, 0.3) is 10.9 Å². The number of nitrogens with zero attached hydrogens (tertiary/aromatic N) is 1. The lowest BCUT2D eigenvalue weighted by molar-refractivity contribution is -0.257. The summed E-state index contributed by atoms with van der Waals surface area (Å²) in [5, 5.41) is 31.4. The van der Waals surface area contributed by atoms with Gasteiger partial charge in [-0.2, -0.15) is 0 Å². The lowest BCUT2D eigenvalue weighted by Gasteiger charge is -2.56. The maximum atomic E-state index is 11.5. The summed E-state index contributed by atoms with van der Waals surface area (Å²) in [5.41, 5.74) is 3.81. The molecule has 8 heteroatoms. The van der Waals surface area contributed by atoms with Gasteiger partial charge in [0.05, 0.1) is 18.6 Å². The first kappa shape index (κ1) is 23.4. The second-order valence-electron chi connectivity index (χ2n) is 11.0. The van der Waals surface area contributed by atoms with Gasteiger partial charge in [-0.1, -0.05) is 20.3 Å². The smallest absolute Gasteiger partial charge is 0.227 e. The fraction of sp³-hybridized carbons (Fsp3) is 0.667. The number of aldehydes is 1. The number of H-pyrrole nitrogens is 1. The maximum Gasteiger partial charge on any atom is 0.227 e. The van der Waals surface area contributed by atoms with Crippen molar-refractivity contribution in [2.24, 2.45) is 23.7 Å². The zero-order valence-electron chi connectivity index (χ0n) is 20.3. The Kier molecular flexibility index (Phi) is 5.92. The lowest BCUT2D eigenvalue weighted by atomic mass is 9.60. The van der Waals surface area contributed by atoms with Crippen molar-refractivity contribution in [1.29, 1.82) is 0 Å². The number of rotatable bonds is 5. The van der Waals surface area contributed by atoms with Crippen molar-refractivity contribution in [3.05, 3.63) is 29.5 Å². The van der Waals surface area contributed by atoms with Gasteiger partial charge in [0.1, 0.15) is 24.2 Å². The number of benzene rings is 1. The monoisotopic (exact) mass is 484 g/mol. The van der Waals surface area contributed by atoms with E-state index in [0.717, 1.165) is 41.6 Å². The standard InChI is InChI=1S/C27H36N2O6/c1-3-16-13(2)14-8-19-23-17(6-7-29(10-14)24(16)19)18-9-15(4-5-21(18)28-23)34-27-26(33)20(11-30)25(32)22(12-31)35-27/h4-5,9,11,13-14,16,19-20,22,24-28,31-33H,3,6-8,10,12H2,1-2H3/t13-,14-,16-,19-,20-,22+,24?,25-,26+,27-/m0/s1.